The molecular formula is C16H18N2O3. The highest BCUT2D eigenvalue weighted by Gasteiger charge is 2.20. The molecule has 1 aromatic carbocycles. The smallest absolute Gasteiger partial charge is 0.339 e. The van der Waals surface area contributed by atoms with Crippen molar-refractivity contribution in [2.45, 2.75) is 13.8 Å². The van der Waals surface area contributed by atoms with Gasteiger partial charge in [-0.2, -0.15) is 0 Å². The van der Waals surface area contributed by atoms with Crippen LogP contribution in [0.3, 0.4) is 0 Å². The van der Waals surface area contributed by atoms with E-state index in [0.29, 0.717) is 17.1 Å². The summed E-state index contributed by atoms with van der Waals surface area (Å²) in [5.74, 6) is -0.305. The fraction of sp³-hybridized carbons (Fsp3) is 0.250. The van der Waals surface area contributed by atoms with Crippen molar-refractivity contribution in [1.29, 1.82) is 0 Å². The Morgan fingerprint density at radius 3 is 2.52 bits per heavy atom. The van der Waals surface area contributed by atoms with Crippen LogP contribution in [0.5, 0.6) is 5.75 Å². The normalized spacial score (nSPS) is 10.3. The molecule has 2 aromatic rings. The van der Waals surface area contributed by atoms with E-state index in [9.17, 15) is 9.90 Å². The van der Waals surface area contributed by atoms with Crippen LogP contribution in [0.2, 0.25) is 0 Å². The van der Waals surface area contributed by atoms with E-state index in [1.54, 1.807) is 20.1 Å². The van der Waals surface area contributed by atoms with Crippen LogP contribution in [0.15, 0.2) is 30.3 Å². The topological polar surface area (TPSA) is 62.7 Å². The van der Waals surface area contributed by atoms with Gasteiger partial charge in [-0.15, -0.1) is 0 Å². The third-order valence-electron chi connectivity index (χ3n) is 3.33. The van der Waals surface area contributed by atoms with E-state index in [0.717, 1.165) is 11.4 Å². The standard InChI is InChI=1S/C16H18N2O3/c1-10-9-13(15(16(19)20)11(2)17-10)18(3)12-7-5-6-8-14(12)21-4/h5-9H,1-4H3,(H,19,20). The molecule has 0 atom stereocenters. The molecule has 0 fully saturated rings. The highest BCUT2D eigenvalue weighted by molar-refractivity contribution is 5.97. The number of carboxylic acid groups (broad SMARTS) is 1. The molecule has 0 saturated heterocycles. The van der Waals surface area contributed by atoms with Crippen molar-refractivity contribution < 1.29 is 14.6 Å². The van der Waals surface area contributed by atoms with Gasteiger partial charge in [0.25, 0.3) is 0 Å². The van der Waals surface area contributed by atoms with Crippen LogP contribution in [0.1, 0.15) is 21.7 Å². The number of hydrogen-bond donors (Lipinski definition) is 1. The number of methoxy groups -OCH3 is 1. The Kier molecular flexibility index (Phi) is 4.12. The van der Waals surface area contributed by atoms with Gasteiger partial charge in [0.05, 0.1) is 24.2 Å². The van der Waals surface area contributed by atoms with Crippen molar-refractivity contribution in [1.82, 2.24) is 4.98 Å². The minimum atomic E-state index is -0.989. The molecule has 0 radical (unpaired) electrons. The minimum Gasteiger partial charge on any atom is -0.495 e. The number of aromatic nitrogens is 1. The number of carboxylic acids is 1. The Morgan fingerprint density at radius 1 is 1.24 bits per heavy atom. The van der Waals surface area contributed by atoms with Gasteiger partial charge in [-0.1, -0.05) is 12.1 Å². The van der Waals surface area contributed by atoms with Gasteiger partial charge in [0, 0.05) is 12.7 Å². The number of anilines is 2. The van der Waals surface area contributed by atoms with Gasteiger partial charge in [0.2, 0.25) is 0 Å². The summed E-state index contributed by atoms with van der Waals surface area (Å²) >= 11 is 0. The van der Waals surface area contributed by atoms with Crippen LogP contribution in [-0.2, 0) is 0 Å². The van der Waals surface area contributed by atoms with E-state index >= 15 is 0 Å². The van der Waals surface area contributed by atoms with Crippen LogP contribution in [0.4, 0.5) is 11.4 Å². The summed E-state index contributed by atoms with van der Waals surface area (Å²) in [7, 11) is 3.41. The molecule has 2 rings (SSSR count). The molecule has 0 aliphatic rings. The summed E-state index contributed by atoms with van der Waals surface area (Å²) in [5.41, 5.74) is 2.87. The summed E-state index contributed by atoms with van der Waals surface area (Å²) in [5, 5.41) is 9.46. The van der Waals surface area contributed by atoms with Gasteiger partial charge in [-0.3, -0.25) is 4.98 Å². The van der Waals surface area contributed by atoms with Gasteiger partial charge in [0.1, 0.15) is 11.3 Å². The number of para-hydroxylation sites is 2. The molecule has 0 aliphatic carbocycles. The maximum Gasteiger partial charge on any atom is 0.339 e. The van der Waals surface area contributed by atoms with Gasteiger partial charge in [-0.25, -0.2) is 4.79 Å². The number of aryl methyl sites for hydroxylation is 2. The molecule has 1 heterocycles. The van der Waals surface area contributed by atoms with Crippen LogP contribution in [0.25, 0.3) is 0 Å². The fourth-order valence-electron chi connectivity index (χ4n) is 2.37. The second-order valence-electron chi connectivity index (χ2n) is 4.78. The van der Waals surface area contributed by atoms with Gasteiger partial charge >= 0.3 is 5.97 Å². The first kappa shape index (κ1) is 14.8. The zero-order valence-corrected chi connectivity index (χ0v) is 12.5. The SMILES string of the molecule is COc1ccccc1N(C)c1cc(C)nc(C)c1C(=O)O. The van der Waals surface area contributed by atoms with E-state index in [2.05, 4.69) is 4.98 Å². The number of aromatic carboxylic acids is 1. The zero-order valence-electron chi connectivity index (χ0n) is 12.5. The van der Waals surface area contributed by atoms with Crippen molar-refractivity contribution in [3.05, 3.63) is 47.3 Å². The van der Waals surface area contributed by atoms with Crippen LogP contribution >= 0.6 is 0 Å². The molecule has 0 amide bonds. The second kappa shape index (κ2) is 5.83. The van der Waals surface area contributed by atoms with Crippen molar-refractivity contribution >= 4 is 17.3 Å². The monoisotopic (exact) mass is 286 g/mol. The van der Waals surface area contributed by atoms with Crippen molar-refractivity contribution in [2.24, 2.45) is 0 Å². The average molecular weight is 286 g/mol. The first-order valence-electron chi connectivity index (χ1n) is 6.54. The quantitative estimate of drug-likeness (QED) is 0.935. The Balaban J connectivity index is 2.63. The summed E-state index contributed by atoms with van der Waals surface area (Å²) in [6.45, 7) is 3.55. The molecule has 1 aromatic heterocycles. The number of rotatable bonds is 4. The number of carbonyl (C=O) groups is 1. The van der Waals surface area contributed by atoms with Crippen molar-refractivity contribution in [3.8, 4) is 5.75 Å². The summed E-state index contributed by atoms with van der Waals surface area (Å²) in [6, 6.07) is 9.25. The molecule has 1 N–H and O–H groups in total. The van der Waals surface area contributed by atoms with Gasteiger partial charge in [0.15, 0.2) is 0 Å². The molecule has 0 bridgehead atoms. The number of pyridine rings is 1. The molecule has 0 spiro atoms. The average Bonchev–Trinajstić information content (AvgIpc) is 2.45. The molecule has 0 aliphatic heterocycles. The highest BCUT2D eigenvalue weighted by Crippen LogP contribution is 2.34. The van der Waals surface area contributed by atoms with Gasteiger partial charge in [-0.05, 0) is 32.0 Å². The first-order chi connectivity index (χ1) is 9.95. The third-order valence-corrected chi connectivity index (χ3v) is 3.33. The number of nitrogens with zero attached hydrogens (tertiary/aromatic N) is 2. The van der Waals surface area contributed by atoms with E-state index in [4.69, 9.17) is 4.74 Å². The minimum absolute atomic E-state index is 0.203. The molecule has 21 heavy (non-hydrogen) atoms. The highest BCUT2D eigenvalue weighted by atomic mass is 16.5. The molecule has 0 unspecified atom stereocenters. The van der Waals surface area contributed by atoms with E-state index in [1.165, 1.54) is 0 Å². The molecule has 0 saturated carbocycles. The van der Waals surface area contributed by atoms with E-state index in [-0.39, 0.29) is 5.56 Å². The second-order valence-corrected chi connectivity index (χ2v) is 4.78. The molecule has 5 nitrogen and oxygen atoms in total. The fourth-order valence-corrected chi connectivity index (χ4v) is 2.37. The van der Waals surface area contributed by atoms with E-state index < -0.39 is 5.97 Å². The summed E-state index contributed by atoms with van der Waals surface area (Å²) in [6.07, 6.45) is 0. The molecule has 5 heteroatoms. The first-order valence-corrected chi connectivity index (χ1v) is 6.54. The maximum atomic E-state index is 11.5. The molecular weight excluding hydrogens is 268 g/mol. The van der Waals surface area contributed by atoms with Crippen LogP contribution in [-0.4, -0.2) is 30.2 Å². The Bertz CT molecular complexity index is 683. The largest absolute Gasteiger partial charge is 0.495 e. The summed E-state index contributed by atoms with van der Waals surface area (Å²) in [4.78, 5) is 17.6. The number of benzene rings is 1. The lowest BCUT2D eigenvalue weighted by Crippen LogP contribution is -2.17. The van der Waals surface area contributed by atoms with Crippen molar-refractivity contribution in [2.75, 3.05) is 19.1 Å². The number of ether oxygens (including phenoxy) is 1. The van der Waals surface area contributed by atoms with E-state index in [1.807, 2.05) is 43.1 Å². The Morgan fingerprint density at radius 2 is 1.90 bits per heavy atom. The lowest BCUT2D eigenvalue weighted by Gasteiger charge is -2.24. The Labute approximate surface area is 123 Å². The van der Waals surface area contributed by atoms with Crippen LogP contribution in [0, 0.1) is 13.8 Å². The lowest BCUT2D eigenvalue weighted by atomic mass is 10.1. The Hall–Kier alpha value is -2.56. The molecule has 110 valence electrons. The zero-order chi connectivity index (χ0) is 15.6. The van der Waals surface area contributed by atoms with Crippen LogP contribution < -0.4 is 9.64 Å². The third kappa shape index (κ3) is 2.81. The predicted octanol–water partition coefficient (Wildman–Crippen LogP) is 3.17. The van der Waals surface area contributed by atoms with Crippen molar-refractivity contribution in [3.63, 3.8) is 0 Å². The maximum absolute atomic E-state index is 11.5. The summed E-state index contributed by atoms with van der Waals surface area (Å²) < 4.78 is 5.34. The van der Waals surface area contributed by atoms with Gasteiger partial charge < -0.3 is 14.7 Å². The lowest BCUT2D eigenvalue weighted by molar-refractivity contribution is 0.0696. The number of hydrogen-bond acceptors (Lipinski definition) is 4. The predicted molar refractivity (Wildman–Crippen MR) is 81.7 cm³/mol.